The lowest BCUT2D eigenvalue weighted by Gasteiger charge is -2.38. The normalized spacial score (nSPS) is 20.5. The minimum Gasteiger partial charge on any atom is -0.491 e. The van der Waals surface area contributed by atoms with E-state index in [1.165, 1.54) is 29.6 Å². The zero-order chi connectivity index (χ0) is 28.3. The minimum absolute atomic E-state index is 0.00567. The molecule has 3 N–H and O–H groups in total. The molecule has 4 rings (SSSR count). The molecule has 2 atom stereocenters. The first-order chi connectivity index (χ1) is 18.5. The lowest BCUT2D eigenvalue weighted by atomic mass is 9.88. The number of benzene rings is 2. The molecule has 2 aliphatic rings. The molecule has 0 radical (unpaired) electrons. The van der Waals surface area contributed by atoms with Crippen LogP contribution in [0.5, 0.6) is 5.75 Å². The van der Waals surface area contributed by atoms with E-state index in [1.807, 2.05) is 6.07 Å². The lowest BCUT2D eigenvalue weighted by Crippen LogP contribution is -2.47. The maximum Gasteiger partial charge on any atom is 0.244 e. The predicted octanol–water partition coefficient (Wildman–Crippen LogP) is 1.12. The predicted molar refractivity (Wildman–Crippen MR) is 143 cm³/mol. The SMILES string of the molecule is CNS(=O)(=O)c1cccc(OC[C@@H](O)CNC2COC3(CCN(S(=O)(=O)c4cc(C)ccc4C#N)CC3)C2)c1. The highest BCUT2D eigenvalue weighted by atomic mass is 32.2. The Labute approximate surface area is 229 Å². The van der Waals surface area contributed by atoms with Gasteiger partial charge in [-0.05, 0) is 63.1 Å². The van der Waals surface area contributed by atoms with Gasteiger partial charge in [-0.1, -0.05) is 12.1 Å². The third-order valence-electron chi connectivity index (χ3n) is 7.19. The molecule has 13 heteroatoms. The van der Waals surface area contributed by atoms with Gasteiger partial charge in [-0.25, -0.2) is 21.6 Å². The Bertz CT molecular complexity index is 1430. The van der Waals surface area contributed by atoms with Crippen LogP contribution in [0.1, 0.15) is 30.4 Å². The molecule has 0 amide bonds. The van der Waals surface area contributed by atoms with E-state index in [2.05, 4.69) is 10.0 Å². The summed E-state index contributed by atoms with van der Waals surface area (Å²) < 4.78 is 65.8. The van der Waals surface area contributed by atoms with Gasteiger partial charge < -0.3 is 19.9 Å². The molecule has 0 bridgehead atoms. The van der Waals surface area contributed by atoms with Gasteiger partial charge in [0.1, 0.15) is 29.4 Å². The smallest absolute Gasteiger partial charge is 0.244 e. The zero-order valence-corrected chi connectivity index (χ0v) is 23.6. The third-order valence-corrected chi connectivity index (χ3v) is 10.5. The van der Waals surface area contributed by atoms with Crippen molar-refractivity contribution in [1.82, 2.24) is 14.3 Å². The Morgan fingerprint density at radius 1 is 1.21 bits per heavy atom. The van der Waals surface area contributed by atoms with Crippen LogP contribution in [0.15, 0.2) is 52.3 Å². The molecule has 1 spiro atoms. The molecule has 11 nitrogen and oxygen atoms in total. The Morgan fingerprint density at radius 3 is 2.64 bits per heavy atom. The van der Waals surface area contributed by atoms with Crippen molar-refractivity contribution < 1.29 is 31.4 Å². The van der Waals surface area contributed by atoms with Gasteiger partial charge in [0.2, 0.25) is 20.0 Å². The maximum absolute atomic E-state index is 13.3. The molecule has 2 heterocycles. The fourth-order valence-corrected chi connectivity index (χ4v) is 7.37. The van der Waals surface area contributed by atoms with Crippen LogP contribution < -0.4 is 14.8 Å². The largest absolute Gasteiger partial charge is 0.491 e. The van der Waals surface area contributed by atoms with Crippen molar-refractivity contribution in [3.05, 3.63) is 53.6 Å². The second-order valence-electron chi connectivity index (χ2n) is 9.97. The van der Waals surface area contributed by atoms with Crippen molar-refractivity contribution in [2.75, 3.05) is 39.9 Å². The number of hydrogen-bond donors (Lipinski definition) is 3. The van der Waals surface area contributed by atoms with Crippen molar-refractivity contribution in [2.24, 2.45) is 0 Å². The summed E-state index contributed by atoms with van der Waals surface area (Å²) in [5, 5.41) is 23.1. The summed E-state index contributed by atoms with van der Waals surface area (Å²) in [5.74, 6) is 0.336. The Balaban J connectivity index is 1.26. The summed E-state index contributed by atoms with van der Waals surface area (Å²) >= 11 is 0. The third kappa shape index (κ3) is 6.78. The van der Waals surface area contributed by atoms with Crippen LogP contribution in [0.4, 0.5) is 0 Å². The Kier molecular flexibility index (Phi) is 8.97. The average Bonchev–Trinajstić information content (AvgIpc) is 3.33. The first-order valence-electron chi connectivity index (χ1n) is 12.7. The van der Waals surface area contributed by atoms with Gasteiger partial charge in [-0.3, -0.25) is 0 Å². The fraction of sp³-hybridized carbons (Fsp3) is 0.500. The fourth-order valence-electron chi connectivity index (χ4n) is 4.94. The van der Waals surface area contributed by atoms with Crippen LogP contribution in [0.3, 0.4) is 0 Å². The standard InChI is InChI=1S/C26H34N4O7S2/c1-19-6-7-20(15-27)25(12-19)39(34,35)30-10-8-26(9-11-30)14-21(17-37-26)29-16-22(31)18-36-23-4-3-5-24(13-23)38(32,33)28-2/h3-7,12-13,21-22,28-29,31H,8-11,14,16-18H2,1-2H3/t21?,22-/m0/s1. The van der Waals surface area contributed by atoms with E-state index in [1.54, 1.807) is 31.2 Å². The highest BCUT2D eigenvalue weighted by Gasteiger charge is 2.45. The summed E-state index contributed by atoms with van der Waals surface area (Å²) in [6, 6.07) is 12.8. The topological polar surface area (TPSA) is 158 Å². The number of rotatable bonds is 10. The Hall–Kier alpha value is -2.57. The van der Waals surface area contributed by atoms with E-state index < -0.39 is 31.8 Å². The molecule has 2 saturated heterocycles. The summed E-state index contributed by atoms with van der Waals surface area (Å²) in [5.41, 5.74) is 0.479. The van der Waals surface area contributed by atoms with Crippen LogP contribution in [-0.4, -0.2) is 83.9 Å². The van der Waals surface area contributed by atoms with E-state index in [-0.39, 0.29) is 34.5 Å². The number of nitrogens with zero attached hydrogens (tertiary/aromatic N) is 2. The molecule has 0 aromatic heterocycles. The van der Waals surface area contributed by atoms with E-state index >= 15 is 0 Å². The number of nitriles is 1. The van der Waals surface area contributed by atoms with E-state index in [4.69, 9.17) is 9.47 Å². The molecule has 39 heavy (non-hydrogen) atoms. The second-order valence-corrected chi connectivity index (χ2v) is 13.8. The molecule has 2 aromatic rings. The zero-order valence-electron chi connectivity index (χ0n) is 22.0. The number of sulfonamides is 2. The number of aryl methyl sites for hydroxylation is 1. The summed E-state index contributed by atoms with van der Waals surface area (Å²) in [7, 11) is -6.06. The number of nitrogens with one attached hydrogen (secondary N) is 2. The number of piperidine rings is 1. The van der Waals surface area contributed by atoms with Crippen LogP contribution in [0.2, 0.25) is 0 Å². The maximum atomic E-state index is 13.3. The second kappa shape index (κ2) is 11.9. The highest BCUT2D eigenvalue weighted by molar-refractivity contribution is 7.89. The summed E-state index contributed by atoms with van der Waals surface area (Å²) in [6.07, 6.45) is 0.930. The minimum atomic E-state index is -3.79. The molecule has 2 aliphatic heterocycles. The number of ether oxygens (including phenoxy) is 2. The number of hydrogen-bond acceptors (Lipinski definition) is 9. The van der Waals surface area contributed by atoms with Crippen LogP contribution in [-0.2, 0) is 24.8 Å². The Morgan fingerprint density at radius 2 is 1.95 bits per heavy atom. The molecule has 1 unspecified atom stereocenters. The molecular weight excluding hydrogens is 544 g/mol. The van der Waals surface area contributed by atoms with Crippen molar-refractivity contribution in [3.63, 3.8) is 0 Å². The quantitative estimate of drug-likeness (QED) is 0.376. The molecule has 212 valence electrons. The summed E-state index contributed by atoms with van der Waals surface area (Å²) in [4.78, 5) is 0.117. The highest BCUT2D eigenvalue weighted by Crippen LogP contribution is 2.37. The van der Waals surface area contributed by atoms with Crippen molar-refractivity contribution in [2.45, 2.75) is 53.7 Å². The van der Waals surface area contributed by atoms with Gasteiger partial charge in [0.05, 0.1) is 22.7 Å². The van der Waals surface area contributed by atoms with Gasteiger partial charge in [0.15, 0.2) is 0 Å². The van der Waals surface area contributed by atoms with Crippen LogP contribution >= 0.6 is 0 Å². The van der Waals surface area contributed by atoms with Crippen LogP contribution in [0, 0.1) is 18.3 Å². The lowest BCUT2D eigenvalue weighted by molar-refractivity contribution is -0.0312. The van der Waals surface area contributed by atoms with Crippen molar-refractivity contribution >= 4 is 20.0 Å². The van der Waals surface area contributed by atoms with Crippen LogP contribution in [0.25, 0.3) is 0 Å². The molecule has 0 aliphatic carbocycles. The monoisotopic (exact) mass is 578 g/mol. The van der Waals surface area contributed by atoms with Gasteiger partial charge >= 0.3 is 0 Å². The van der Waals surface area contributed by atoms with Crippen molar-refractivity contribution in [1.29, 1.82) is 5.26 Å². The first kappa shape index (κ1) is 29.4. The van der Waals surface area contributed by atoms with Gasteiger partial charge in [0, 0.05) is 31.7 Å². The number of aliphatic hydroxyl groups is 1. The van der Waals surface area contributed by atoms with E-state index in [0.717, 1.165) is 5.56 Å². The van der Waals surface area contributed by atoms with Gasteiger partial charge in [-0.2, -0.15) is 9.57 Å². The van der Waals surface area contributed by atoms with Gasteiger partial charge in [-0.15, -0.1) is 0 Å². The first-order valence-corrected chi connectivity index (χ1v) is 15.6. The average molecular weight is 579 g/mol. The molecule has 2 fully saturated rings. The van der Waals surface area contributed by atoms with Gasteiger partial charge in [0.25, 0.3) is 0 Å². The molecule has 0 saturated carbocycles. The molecule has 2 aromatic carbocycles. The molecular formula is C26H34N4O7S2. The number of aliphatic hydroxyl groups excluding tert-OH is 1. The van der Waals surface area contributed by atoms with E-state index in [0.29, 0.717) is 44.7 Å². The summed E-state index contributed by atoms with van der Waals surface area (Å²) in [6.45, 7) is 3.07. The van der Waals surface area contributed by atoms with E-state index in [9.17, 15) is 27.2 Å². The van der Waals surface area contributed by atoms with Crippen molar-refractivity contribution in [3.8, 4) is 11.8 Å².